The summed E-state index contributed by atoms with van der Waals surface area (Å²) in [5, 5.41) is 12.0. The van der Waals surface area contributed by atoms with Crippen LogP contribution in [0, 0.1) is 0 Å². The first-order chi connectivity index (χ1) is 16.9. The van der Waals surface area contributed by atoms with Crippen LogP contribution in [0.2, 0.25) is 0 Å². The summed E-state index contributed by atoms with van der Waals surface area (Å²) in [4.78, 5) is 38.3. The average Bonchev–Trinajstić information content (AvgIpc) is 3.20. The van der Waals surface area contributed by atoms with Gasteiger partial charge in [-0.2, -0.15) is 0 Å². The van der Waals surface area contributed by atoms with Crippen molar-refractivity contribution >= 4 is 18.0 Å². The van der Waals surface area contributed by atoms with E-state index >= 15 is 0 Å². The van der Waals surface area contributed by atoms with Crippen molar-refractivity contribution in [1.29, 1.82) is 0 Å². The van der Waals surface area contributed by atoms with E-state index in [1.54, 1.807) is 24.3 Å². The Balaban J connectivity index is 1.43. The molecule has 4 rings (SSSR count). The number of nitrogens with zero attached hydrogens (tertiary/aromatic N) is 1. The topological polar surface area (TPSA) is 95.9 Å². The summed E-state index contributed by atoms with van der Waals surface area (Å²) >= 11 is 0. The molecule has 7 nitrogen and oxygen atoms in total. The molecule has 0 saturated carbocycles. The van der Waals surface area contributed by atoms with Crippen LogP contribution >= 0.6 is 0 Å². The highest BCUT2D eigenvalue weighted by Crippen LogP contribution is 2.44. The molecule has 2 atom stereocenters. The van der Waals surface area contributed by atoms with Crippen LogP contribution < -0.4 is 5.32 Å². The van der Waals surface area contributed by atoms with Gasteiger partial charge >= 0.3 is 12.1 Å². The molecule has 3 aromatic rings. The highest BCUT2D eigenvalue weighted by Gasteiger charge is 2.31. The number of carbonyl (C=O) groups excluding carboxylic acids is 2. The number of aliphatic carboxylic acids is 1. The van der Waals surface area contributed by atoms with Gasteiger partial charge in [0.15, 0.2) is 0 Å². The predicted octanol–water partition coefficient (Wildman–Crippen LogP) is 4.24. The Labute approximate surface area is 204 Å². The van der Waals surface area contributed by atoms with Crippen molar-refractivity contribution in [3.05, 3.63) is 95.6 Å². The van der Waals surface area contributed by atoms with Gasteiger partial charge in [0, 0.05) is 19.5 Å². The Kier molecular flexibility index (Phi) is 7.15. The molecule has 0 saturated heterocycles. The zero-order valence-corrected chi connectivity index (χ0v) is 19.7. The summed E-state index contributed by atoms with van der Waals surface area (Å²) in [5.74, 6) is -2.31. The third-order valence-electron chi connectivity index (χ3n) is 6.58. The Hall–Kier alpha value is -4.13. The van der Waals surface area contributed by atoms with Crippen LogP contribution in [0.5, 0.6) is 0 Å². The molecule has 1 unspecified atom stereocenters. The summed E-state index contributed by atoms with van der Waals surface area (Å²) in [5.41, 5.74) is 5.19. The molecule has 3 aromatic carbocycles. The maximum Gasteiger partial charge on any atom is 0.407 e. The maximum atomic E-state index is 13.1. The number of amides is 2. The fourth-order valence-electron chi connectivity index (χ4n) is 4.47. The molecule has 2 N–H and O–H groups in total. The third kappa shape index (κ3) is 5.04. The average molecular weight is 473 g/mol. The molecule has 0 heterocycles. The van der Waals surface area contributed by atoms with Crippen molar-refractivity contribution in [2.75, 3.05) is 20.2 Å². The van der Waals surface area contributed by atoms with E-state index in [0.29, 0.717) is 5.56 Å². The summed E-state index contributed by atoms with van der Waals surface area (Å²) in [6.45, 7) is 1.59. The molecule has 0 bridgehead atoms. The van der Waals surface area contributed by atoms with Crippen LogP contribution in [-0.2, 0) is 14.3 Å². The highest BCUT2D eigenvalue weighted by molar-refractivity contribution is 5.88. The molecular formula is C28H28N2O5. The number of likely N-dealkylation sites (N-methyl/N-ethyl adjacent to an activating group) is 1. The molecule has 2 amide bonds. The molecule has 1 aliphatic rings. The minimum Gasteiger partial charge on any atom is -0.480 e. The summed E-state index contributed by atoms with van der Waals surface area (Å²) in [7, 11) is 1.45. The zero-order valence-electron chi connectivity index (χ0n) is 19.7. The van der Waals surface area contributed by atoms with Crippen molar-refractivity contribution < 1.29 is 24.2 Å². The van der Waals surface area contributed by atoms with Gasteiger partial charge in [0.25, 0.3) is 0 Å². The van der Waals surface area contributed by atoms with Crippen LogP contribution in [0.4, 0.5) is 4.79 Å². The van der Waals surface area contributed by atoms with E-state index in [0.717, 1.165) is 22.3 Å². The van der Waals surface area contributed by atoms with Gasteiger partial charge in [0.05, 0.1) is 5.92 Å². The normalized spacial score (nSPS) is 13.8. The van der Waals surface area contributed by atoms with E-state index in [9.17, 15) is 19.5 Å². The van der Waals surface area contributed by atoms with Crippen molar-refractivity contribution in [3.8, 4) is 11.1 Å². The molecule has 0 aliphatic heterocycles. The molecule has 1 aliphatic carbocycles. The van der Waals surface area contributed by atoms with Crippen LogP contribution in [0.25, 0.3) is 11.1 Å². The lowest BCUT2D eigenvalue weighted by Crippen LogP contribution is -2.45. The highest BCUT2D eigenvalue weighted by atomic mass is 16.5. The quantitative estimate of drug-likeness (QED) is 0.511. The van der Waals surface area contributed by atoms with Crippen molar-refractivity contribution in [2.24, 2.45) is 0 Å². The molecule has 0 spiro atoms. The largest absolute Gasteiger partial charge is 0.480 e. The predicted molar refractivity (Wildman–Crippen MR) is 132 cm³/mol. The number of fused-ring (bicyclic) bond motifs is 3. The van der Waals surface area contributed by atoms with Gasteiger partial charge in [0.2, 0.25) is 5.91 Å². The summed E-state index contributed by atoms with van der Waals surface area (Å²) in [6.07, 6.45) is -0.630. The first-order valence-electron chi connectivity index (χ1n) is 11.5. The molecule has 0 radical (unpaired) electrons. The number of carboxylic acids is 1. The number of ether oxygens (including phenoxy) is 1. The fraction of sp³-hybridized carbons (Fsp3) is 0.250. The summed E-state index contributed by atoms with van der Waals surface area (Å²) in [6, 6.07) is 24.1. The lowest BCUT2D eigenvalue weighted by Gasteiger charge is -2.27. The molecule has 180 valence electrons. The van der Waals surface area contributed by atoms with Crippen molar-refractivity contribution in [3.63, 3.8) is 0 Å². The number of hydrogen-bond acceptors (Lipinski definition) is 4. The van der Waals surface area contributed by atoms with Gasteiger partial charge in [-0.15, -0.1) is 0 Å². The van der Waals surface area contributed by atoms with Crippen LogP contribution in [-0.4, -0.2) is 54.2 Å². The van der Waals surface area contributed by atoms with Gasteiger partial charge in [-0.05, 0) is 34.7 Å². The smallest absolute Gasteiger partial charge is 0.407 e. The Morgan fingerprint density at radius 1 is 0.914 bits per heavy atom. The first kappa shape index (κ1) is 24.0. The second-order valence-corrected chi connectivity index (χ2v) is 8.63. The minimum atomic E-state index is -1.10. The van der Waals surface area contributed by atoms with E-state index in [2.05, 4.69) is 17.4 Å². The number of carboxylic acid groups (broad SMARTS) is 1. The summed E-state index contributed by atoms with van der Waals surface area (Å²) < 4.78 is 5.58. The lowest BCUT2D eigenvalue weighted by atomic mass is 9.97. The van der Waals surface area contributed by atoms with Gasteiger partial charge in [0.1, 0.15) is 12.6 Å². The first-order valence-corrected chi connectivity index (χ1v) is 11.5. The van der Waals surface area contributed by atoms with E-state index in [1.807, 2.05) is 42.5 Å². The van der Waals surface area contributed by atoms with Gasteiger partial charge in [-0.25, -0.2) is 9.59 Å². The standard InChI is InChI=1S/C28H28N2O5/c1-18(27(32)33)30(2)26(31)24(19-10-4-3-5-11-19)16-29-28(34)35-17-25-22-14-8-6-12-20(22)21-13-7-9-15-23(21)25/h3-15,18,24-25H,16-17H2,1-2H3,(H,29,34)(H,32,33)/t18-,24?/m0/s1. The van der Waals surface area contributed by atoms with Gasteiger partial charge < -0.3 is 20.1 Å². The number of carbonyl (C=O) groups is 3. The number of nitrogens with one attached hydrogen (secondary N) is 1. The van der Waals surface area contributed by atoms with Crippen molar-refractivity contribution in [1.82, 2.24) is 10.2 Å². The fourth-order valence-corrected chi connectivity index (χ4v) is 4.47. The second kappa shape index (κ2) is 10.4. The second-order valence-electron chi connectivity index (χ2n) is 8.63. The monoisotopic (exact) mass is 472 g/mol. The number of benzene rings is 3. The van der Waals surface area contributed by atoms with Gasteiger partial charge in [-0.3, -0.25) is 4.79 Å². The number of rotatable bonds is 8. The number of hydrogen-bond donors (Lipinski definition) is 2. The number of alkyl carbamates (subject to hydrolysis) is 1. The van der Waals surface area contributed by atoms with E-state index in [1.165, 1.54) is 18.9 Å². The molecule has 35 heavy (non-hydrogen) atoms. The molecule has 0 aromatic heterocycles. The van der Waals surface area contributed by atoms with E-state index < -0.39 is 29.9 Å². The van der Waals surface area contributed by atoms with Gasteiger partial charge in [-0.1, -0.05) is 78.9 Å². The van der Waals surface area contributed by atoms with Crippen molar-refractivity contribution in [2.45, 2.75) is 24.8 Å². The SMILES string of the molecule is C[C@@H](C(=O)O)N(C)C(=O)C(CNC(=O)OCC1c2ccccc2-c2ccccc21)c1ccccc1. The minimum absolute atomic E-state index is 0.0177. The van der Waals surface area contributed by atoms with Crippen LogP contribution in [0.3, 0.4) is 0 Å². The Morgan fingerprint density at radius 3 is 2.03 bits per heavy atom. The van der Waals surface area contributed by atoms with E-state index in [-0.39, 0.29) is 19.1 Å². The molecular weight excluding hydrogens is 444 g/mol. The Morgan fingerprint density at radius 2 is 1.46 bits per heavy atom. The molecule has 0 fully saturated rings. The molecule has 7 heteroatoms. The Bertz CT molecular complexity index is 1180. The zero-order chi connectivity index (χ0) is 24.9. The lowest BCUT2D eigenvalue weighted by molar-refractivity contribution is -0.148. The van der Waals surface area contributed by atoms with Crippen LogP contribution in [0.15, 0.2) is 78.9 Å². The maximum absolute atomic E-state index is 13.1. The van der Waals surface area contributed by atoms with Crippen LogP contribution in [0.1, 0.15) is 35.4 Å². The van der Waals surface area contributed by atoms with E-state index in [4.69, 9.17) is 4.74 Å². The third-order valence-corrected chi connectivity index (χ3v) is 6.58.